The molecular formula is C20H19ClN4O2. The molecular weight excluding hydrogens is 364 g/mol. The number of nitrogens with one attached hydrogen (secondary N) is 2. The molecule has 0 saturated carbocycles. The molecule has 1 aromatic heterocycles. The Morgan fingerprint density at radius 2 is 1.63 bits per heavy atom. The van der Waals surface area contributed by atoms with Gasteiger partial charge in [0.15, 0.2) is 0 Å². The lowest BCUT2D eigenvalue weighted by Gasteiger charge is -2.14. The minimum absolute atomic E-state index is 0.0461. The van der Waals surface area contributed by atoms with E-state index < -0.39 is 0 Å². The molecule has 1 amide bonds. The predicted octanol–water partition coefficient (Wildman–Crippen LogP) is 4.91. The summed E-state index contributed by atoms with van der Waals surface area (Å²) in [5.74, 6) is 0.735. The smallest absolute Gasteiger partial charge is 0.258 e. The molecule has 0 saturated heterocycles. The molecule has 0 radical (unpaired) electrons. The van der Waals surface area contributed by atoms with Crippen LogP contribution in [0, 0.1) is 0 Å². The molecule has 0 unspecified atom stereocenters. The monoisotopic (exact) mass is 382 g/mol. The number of halogens is 1. The van der Waals surface area contributed by atoms with E-state index in [1.165, 1.54) is 12.4 Å². The second-order valence-corrected chi connectivity index (χ2v) is 6.42. The lowest BCUT2D eigenvalue weighted by Crippen LogP contribution is -2.13. The third-order valence-electron chi connectivity index (χ3n) is 3.53. The van der Waals surface area contributed by atoms with Gasteiger partial charge in [0.05, 0.1) is 28.1 Å². The largest absolute Gasteiger partial charge is 0.489 e. The molecule has 138 valence electrons. The normalized spacial score (nSPS) is 10.5. The first-order valence-electron chi connectivity index (χ1n) is 8.43. The van der Waals surface area contributed by atoms with Gasteiger partial charge in [0.25, 0.3) is 5.91 Å². The van der Waals surface area contributed by atoms with E-state index in [1.54, 1.807) is 24.3 Å². The zero-order valence-electron chi connectivity index (χ0n) is 14.9. The molecule has 3 aromatic rings. The molecule has 27 heavy (non-hydrogen) atoms. The van der Waals surface area contributed by atoms with E-state index in [0.717, 1.165) is 5.69 Å². The second-order valence-electron chi connectivity index (χ2n) is 6.02. The summed E-state index contributed by atoms with van der Waals surface area (Å²) in [6.07, 6.45) is 2.95. The SMILES string of the molecule is CC(C)Oc1ccccc1Nc1ncc(C(=O)Nc2ccccc2Cl)cn1. The van der Waals surface area contributed by atoms with E-state index in [9.17, 15) is 4.79 Å². The zero-order valence-corrected chi connectivity index (χ0v) is 15.7. The summed E-state index contributed by atoms with van der Waals surface area (Å²) in [7, 11) is 0. The Morgan fingerprint density at radius 3 is 2.30 bits per heavy atom. The molecule has 0 bridgehead atoms. The van der Waals surface area contributed by atoms with Crippen molar-refractivity contribution in [3.05, 3.63) is 71.5 Å². The Bertz CT molecular complexity index is 929. The molecule has 3 rings (SSSR count). The third-order valence-corrected chi connectivity index (χ3v) is 3.86. The molecule has 2 N–H and O–H groups in total. The lowest BCUT2D eigenvalue weighted by atomic mass is 10.2. The highest BCUT2D eigenvalue weighted by atomic mass is 35.5. The summed E-state index contributed by atoms with van der Waals surface area (Å²) in [5, 5.41) is 6.30. The Balaban J connectivity index is 1.71. The van der Waals surface area contributed by atoms with Gasteiger partial charge >= 0.3 is 0 Å². The number of para-hydroxylation sites is 3. The molecule has 0 aliphatic carbocycles. The van der Waals surface area contributed by atoms with Crippen molar-refractivity contribution in [3.8, 4) is 5.75 Å². The van der Waals surface area contributed by atoms with E-state index in [2.05, 4.69) is 20.6 Å². The number of amides is 1. The van der Waals surface area contributed by atoms with Crippen molar-refractivity contribution in [1.82, 2.24) is 9.97 Å². The molecule has 0 spiro atoms. The molecule has 7 heteroatoms. The fourth-order valence-corrected chi connectivity index (χ4v) is 2.50. The highest BCUT2D eigenvalue weighted by Gasteiger charge is 2.11. The predicted molar refractivity (Wildman–Crippen MR) is 107 cm³/mol. The second kappa shape index (κ2) is 8.51. The maximum absolute atomic E-state index is 12.3. The van der Waals surface area contributed by atoms with Crippen molar-refractivity contribution in [2.75, 3.05) is 10.6 Å². The maximum atomic E-state index is 12.3. The van der Waals surface area contributed by atoms with Gasteiger partial charge in [-0.3, -0.25) is 4.79 Å². The number of rotatable bonds is 6. The molecule has 1 heterocycles. The number of carbonyl (C=O) groups excluding carboxylic acids is 1. The minimum Gasteiger partial charge on any atom is -0.489 e. The van der Waals surface area contributed by atoms with Crippen molar-refractivity contribution in [2.45, 2.75) is 20.0 Å². The minimum atomic E-state index is -0.335. The van der Waals surface area contributed by atoms with Gasteiger partial charge in [-0.25, -0.2) is 9.97 Å². The number of benzene rings is 2. The molecule has 0 fully saturated rings. The molecule has 0 atom stereocenters. The summed E-state index contributed by atoms with van der Waals surface area (Å²) in [4.78, 5) is 20.7. The van der Waals surface area contributed by atoms with Crippen LogP contribution in [0.5, 0.6) is 5.75 Å². The topological polar surface area (TPSA) is 76.1 Å². The van der Waals surface area contributed by atoms with E-state index >= 15 is 0 Å². The van der Waals surface area contributed by atoms with E-state index in [1.807, 2.05) is 38.1 Å². The van der Waals surface area contributed by atoms with Gasteiger partial charge in [-0.2, -0.15) is 0 Å². The number of anilines is 3. The van der Waals surface area contributed by atoms with Gasteiger partial charge in [-0.15, -0.1) is 0 Å². The maximum Gasteiger partial charge on any atom is 0.258 e. The number of aromatic nitrogens is 2. The number of nitrogens with zero attached hydrogens (tertiary/aromatic N) is 2. The Labute approximate surface area is 162 Å². The fourth-order valence-electron chi connectivity index (χ4n) is 2.31. The average molecular weight is 383 g/mol. The zero-order chi connectivity index (χ0) is 19.2. The van der Waals surface area contributed by atoms with Crippen molar-refractivity contribution in [2.24, 2.45) is 0 Å². The van der Waals surface area contributed by atoms with E-state index in [0.29, 0.717) is 28.0 Å². The summed E-state index contributed by atoms with van der Waals surface area (Å²) in [6, 6.07) is 14.5. The highest BCUT2D eigenvalue weighted by molar-refractivity contribution is 6.33. The molecule has 6 nitrogen and oxygen atoms in total. The average Bonchev–Trinajstić information content (AvgIpc) is 2.65. The van der Waals surface area contributed by atoms with Gasteiger partial charge in [0, 0.05) is 12.4 Å². The van der Waals surface area contributed by atoms with Crippen LogP contribution in [0.4, 0.5) is 17.3 Å². The van der Waals surface area contributed by atoms with Crippen molar-refractivity contribution >= 4 is 34.8 Å². The van der Waals surface area contributed by atoms with Crippen LogP contribution in [-0.2, 0) is 0 Å². The Hall–Kier alpha value is -3.12. The van der Waals surface area contributed by atoms with Crippen LogP contribution in [-0.4, -0.2) is 22.0 Å². The summed E-state index contributed by atoms with van der Waals surface area (Å²) < 4.78 is 5.76. The van der Waals surface area contributed by atoms with Crippen LogP contribution in [0.3, 0.4) is 0 Å². The fraction of sp³-hybridized carbons (Fsp3) is 0.150. The third kappa shape index (κ3) is 4.95. The van der Waals surface area contributed by atoms with Crippen molar-refractivity contribution in [1.29, 1.82) is 0 Å². The lowest BCUT2D eigenvalue weighted by molar-refractivity contribution is 0.102. The van der Waals surface area contributed by atoms with Gasteiger partial charge < -0.3 is 15.4 Å². The van der Waals surface area contributed by atoms with Crippen LogP contribution in [0.1, 0.15) is 24.2 Å². The highest BCUT2D eigenvalue weighted by Crippen LogP contribution is 2.27. The van der Waals surface area contributed by atoms with Crippen molar-refractivity contribution < 1.29 is 9.53 Å². The van der Waals surface area contributed by atoms with E-state index in [-0.39, 0.29) is 12.0 Å². The summed E-state index contributed by atoms with van der Waals surface area (Å²) >= 11 is 6.05. The Kier molecular flexibility index (Phi) is 5.88. The summed E-state index contributed by atoms with van der Waals surface area (Å²) in [5.41, 5.74) is 1.61. The standard InChI is InChI=1S/C20H19ClN4O2/c1-13(2)27-18-10-6-5-9-17(18)25-20-22-11-14(12-23-20)19(26)24-16-8-4-3-7-15(16)21/h3-13H,1-2H3,(H,24,26)(H,22,23,25). The quantitative estimate of drug-likeness (QED) is 0.633. The van der Waals surface area contributed by atoms with Gasteiger partial charge in [0.1, 0.15) is 5.75 Å². The molecule has 0 aliphatic heterocycles. The van der Waals surface area contributed by atoms with Crippen LogP contribution >= 0.6 is 11.6 Å². The first kappa shape index (κ1) is 18.7. The Morgan fingerprint density at radius 1 is 1.00 bits per heavy atom. The van der Waals surface area contributed by atoms with Gasteiger partial charge in [-0.1, -0.05) is 35.9 Å². The number of carbonyl (C=O) groups is 1. The van der Waals surface area contributed by atoms with Crippen molar-refractivity contribution in [3.63, 3.8) is 0 Å². The number of hydrogen-bond donors (Lipinski definition) is 2. The first-order valence-corrected chi connectivity index (χ1v) is 8.81. The van der Waals surface area contributed by atoms with E-state index in [4.69, 9.17) is 16.3 Å². The number of hydrogen-bond acceptors (Lipinski definition) is 5. The van der Waals surface area contributed by atoms with Crippen LogP contribution < -0.4 is 15.4 Å². The van der Waals surface area contributed by atoms with Crippen LogP contribution in [0.15, 0.2) is 60.9 Å². The first-order chi connectivity index (χ1) is 13.0. The van der Waals surface area contributed by atoms with Crippen LogP contribution in [0.25, 0.3) is 0 Å². The molecule has 2 aromatic carbocycles. The summed E-state index contributed by atoms with van der Waals surface area (Å²) in [6.45, 7) is 3.92. The van der Waals surface area contributed by atoms with Gasteiger partial charge in [-0.05, 0) is 38.1 Å². The van der Waals surface area contributed by atoms with Crippen LogP contribution in [0.2, 0.25) is 5.02 Å². The van der Waals surface area contributed by atoms with Gasteiger partial charge in [0.2, 0.25) is 5.95 Å². The molecule has 0 aliphatic rings. The number of ether oxygens (including phenoxy) is 1.